The molecule has 118 valence electrons. The van der Waals surface area contributed by atoms with Gasteiger partial charge in [0.1, 0.15) is 0 Å². The van der Waals surface area contributed by atoms with Crippen molar-refractivity contribution in [3.05, 3.63) is 35.4 Å². The Morgan fingerprint density at radius 2 is 1.67 bits per heavy atom. The minimum Gasteiger partial charge on any atom is -0.355 e. The van der Waals surface area contributed by atoms with Gasteiger partial charge in [0.2, 0.25) is 6.10 Å². The SMILES string of the molecule is CNC1c2ccccc2CC1OC(C(F)(F)F)C(F)(F)F. The van der Waals surface area contributed by atoms with E-state index in [-0.39, 0.29) is 6.42 Å². The maximum Gasteiger partial charge on any atom is 0.423 e. The quantitative estimate of drug-likeness (QED) is 0.864. The smallest absolute Gasteiger partial charge is 0.355 e. The van der Waals surface area contributed by atoms with E-state index in [1.54, 1.807) is 24.3 Å². The molecule has 0 amide bonds. The molecule has 2 atom stereocenters. The van der Waals surface area contributed by atoms with Crippen LogP contribution < -0.4 is 5.32 Å². The average Bonchev–Trinajstić information content (AvgIpc) is 2.70. The summed E-state index contributed by atoms with van der Waals surface area (Å²) in [4.78, 5) is 0. The van der Waals surface area contributed by atoms with Crippen LogP contribution in [0.2, 0.25) is 0 Å². The van der Waals surface area contributed by atoms with Crippen LogP contribution in [-0.4, -0.2) is 31.6 Å². The molecule has 0 radical (unpaired) electrons. The largest absolute Gasteiger partial charge is 0.423 e. The van der Waals surface area contributed by atoms with Crippen LogP contribution in [0.4, 0.5) is 26.3 Å². The first kappa shape index (κ1) is 16.1. The van der Waals surface area contributed by atoms with Gasteiger partial charge in [-0.3, -0.25) is 0 Å². The highest BCUT2D eigenvalue weighted by molar-refractivity contribution is 5.36. The summed E-state index contributed by atoms with van der Waals surface area (Å²) in [6, 6.07) is 5.98. The summed E-state index contributed by atoms with van der Waals surface area (Å²) in [6.07, 6.45) is -16.0. The Kier molecular flexibility index (Phi) is 4.21. The minimum absolute atomic E-state index is 0.00431. The third-order valence-electron chi connectivity index (χ3n) is 3.40. The molecule has 2 rings (SSSR count). The van der Waals surface area contributed by atoms with Gasteiger partial charge in [-0.25, -0.2) is 0 Å². The maximum atomic E-state index is 12.6. The number of ether oxygens (including phenoxy) is 1. The molecule has 2 unspecified atom stereocenters. The van der Waals surface area contributed by atoms with Gasteiger partial charge in [-0.1, -0.05) is 24.3 Å². The number of nitrogens with one attached hydrogen (secondary N) is 1. The molecule has 0 bridgehead atoms. The Bertz CT molecular complexity index is 484. The second kappa shape index (κ2) is 5.49. The van der Waals surface area contributed by atoms with Gasteiger partial charge in [0.15, 0.2) is 0 Å². The normalized spacial score (nSPS) is 22.7. The number of halogens is 6. The van der Waals surface area contributed by atoms with Gasteiger partial charge in [0, 0.05) is 6.42 Å². The fraction of sp³-hybridized carbons (Fsp3) is 0.538. The molecule has 1 aliphatic rings. The number of benzene rings is 1. The van der Waals surface area contributed by atoms with E-state index in [1.165, 1.54) is 7.05 Å². The lowest BCUT2D eigenvalue weighted by Gasteiger charge is -2.29. The Balaban J connectivity index is 2.23. The third-order valence-corrected chi connectivity index (χ3v) is 3.40. The van der Waals surface area contributed by atoms with Gasteiger partial charge in [0.05, 0.1) is 12.1 Å². The van der Waals surface area contributed by atoms with Crippen molar-refractivity contribution in [1.82, 2.24) is 5.32 Å². The van der Waals surface area contributed by atoms with Crippen LogP contribution in [0.25, 0.3) is 0 Å². The Morgan fingerprint density at radius 3 is 2.19 bits per heavy atom. The van der Waals surface area contributed by atoms with Crippen molar-refractivity contribution in [1.29, 1.82) is 0 Å². The van der Waals surface area contributed by atoms with Gasteiger partial charge in [-0.2, -0.15) is 26.3 Å². The molecule has 1 aliphatic carbocycles. The van der Waals surface area contributed by atoms with Crippen molar-refractivity contribution in [2.24, 2.45) is 0 Å². The molecule has 0 aliphatic heterocycles. The first-order chi connectivity index (χ1) is 9.64. The molecule has 8 heteroatoms. The number of fused-ring (bicyclic) bond motifs is 1. The standard InChI is InChI=1S/C13H13F6NO/c1-20-10-8-5-3-2-4-7(8)6-9(10)21-11(12(14,15)16)13(17,18)19/h2-5,9-11,20H,6H2,1H3. The van der Waals surface area contributed by atoms with Gasteiger partial charge in [0.25, 0.3) is 0 Å². The molecule has 1 aromatic carbocycles. The molecule has 1 N–H and O–H groups in total. The Hall–Kier alpha value is -1.28. The minimum atomic E-state index is -5.49. The summed E-state index contributed by atoms with van der Waals surface area (Å²) in [5.74, 6) is 0. The van der Waals surface area contributed by atoms with Crippen molar-refractivity contribution >= 4 is 0 Å². The molecule has 0 heterocycles. The van der Waals surface area contributed by atoms with Crippen molar-refractivity contribution in [2.75, 3.05) is 7.05 Å². The predicted octanol–water partition coefficient (Wildman–Crippen LogP) is 3.38. The highest BCUT2D eigenvalue weighted by Gasteiger charge is 2.59. The van der Waals surface area contributed by atoms with E-state index in [9.17, 15) is 26.3 Å². The molecular weight excluding hydrogens is 300 g/mol. The first-order valence-electron chi connectivity index (χ1n) is 6.18. The average molecular weight is 313 g/mol. The van der Waals surface area contributed by atoms with Crippen LogP contribution in [0.3, 0.4) is 0 Å². The fourth-order valence-electron chi connectivity index (χ4n) is 2.54. The van der Waals surface area contributed by atoms with Crippen molar-refractivity contribution < 1.29 is 31.1 Å². The maximum absolute atomic E-state index is 12.6. The first-order valence-corrected chi connectivity index (χ1v) is 6.18. The highest BCUT2D eigenvalue weighted by atomic mass is 19.4. The molecule has 0 spiro atoms. The van der Waals surface area contributed by atoms with Crippen LogP contribution in [0, 0.1) is 0 Å². The van der Waals surface area contributed by atoms with Crippen molar-refractivity contribution in [2.45, 2.75) is 37.0 Å². The summed E-state index contributed by atoms with van der Waals surface area (Å²) in [6.45, 7) is 0. The molecule has 0 saturated heterocycles. The zero-order chi connectivity index (χ0) is 15.8. The van der Waals surface area contributed by atoms with Crippen molar-refractivity contribution in [3.8, 4) is 0 Å². The molecule has 2 nitrogen and oxygen atoms in total. The van der Waals surface area contributed by atoms with E-state index in [0.29, 0.717) is 11.1 Å². The summed E-state index contributed by atoms with van der Waals surface area (Å²) in [5.41, 5.74) is 1.35. The lowest BCUT2D eigenvalue weighted by Crippen LogP contribution is -2.48. The second-order valence-corrected chi connectivity index (χ2v) is 4.81. The van der Waals surface area contributed by atoms with Crippen LogP contribution >= 0.6 is 0 Å². The molecular formula is C13H13F6NO. The highest BCUT2D eigenvalue weighted by Crippen LogP contribution is 2.40. The third kappa shape index (κ3) is 3.32. The summed E-state index contributed by atoms with van der Waals surface area (Å²) in [5, 5.41) is 2.72. The van der Waals surface area contributed by atoms with E-state index in [4.69, 9.17) is 0 Å². The number of likely N-dealkylation sites (N-methyl/N-ethyl adjacent to an activating group) is 1. The van der Waals surface area contributed by atoms with E-state index in [2.05, 4.69) is 10.1 Å². The number of rotatable bonds is 3. The number of hydrogen-bond donors (Lipinski definition) is 1. The fourth-order valence-corrected chi connectivity index (χ4v) is 2.54. The second-order valence-electron chi connectivity index (χ2n) is 4.81. The van der Waals surface area contributed by atoms with E-state index < -0.39 is 30.6 Å². The van der Waals surface area contributed by atoms with Crippen LogP contribution in [-0.2, 0) is 11.2 Å². The Labute approximate surface area is 117 Å². The number of alkyl halides is 6. The monoisotopic (exact) mass is 313 g/mol. The van der Waals surface area contributed by atoms with E-state index in [1.807, 2.05) is 0 Å². The van der Waals surface area contributed by atoms with Gasteiger partial charge in [-0.05, 0) is 18.2 Å². The Morgan fingerprint density at radius 1 is 1.10 bits per heavy atom. The zero-order valence-electron chi connectivity index (χ0n) is 10.9. The topological polar surface area (TPSA) is 21.3 Å². The molecule has 0 aromatic heterocycles. The lowest BCUT2D eigenvalue weighted by atomic mass is 10.1. The molecule has 21 heavy (non-hydrogen) atoms. The molecule has 1 aromatic rings. The zero-order valence-corrected chi connectivity index (χ0v) is 10.9. The molecule has 0 fully saturated rings. The van der Waals surface area contributed by atoms with Crippen molar-refractivity contribution in [3.63, 3.8) is 0 Å². The molecule has 0 saturated carbocycles. The van der Waals surface area contributed by atoms with E-state index >= 15 is 0 Å². The van der Waals surface area contributed by atoms with Gasteiger partial charge < -0.3 is 10.1 Å². The van der Waals surface area contributed by atoms with Crippen LogP contribution in [0.1, 0.15) is 17.2 Å². The predicted molar refractivity (Wildman–Crippen MR) is 62.7 cm³/mol. The van der Waals surface area contributed by atoms with Crippen LogP contribution in [0.15, 0.2) is 24.3 Å². The summed E-state index contributed by atoms with van der Waals surface area (Å²) in [7, 11) is 1.47. The van der Waals surface area contributed by atoms with Gasteiger partial charge in [-0.15, -0.1) is 0 Å². The lowest BCUT2D eigenvalue weighted by molar-refractivity contribution is -0.332. The number of hydrogen-bond acceptors (Lipinski definition) is 2. The van der Waals surface area contributed by atoms with Crippen LogP contribution in [0.5, 0.6) is 0 Å². The van der Waals surface area contributed by atoms with Gasteiger partial charge >= 0.3 is 12.4 Å². The van der Waals surface area contributed by atoms with E-state index in [0.717, 1.165) is 0 Å². The summed E-state index contributed by atoms with van der Waals surface area (Å²) >= 11 is 0. The summed E-state index contributed by atoms with van der Waals surface area (Å²) < 4.78 is 79.8.